The van der Waals surface area contributed by atoms with Gasteiger partial charge in [0.25, 0.3) is 0 Å². The lowest BCUT2D eigenvalue weighted by Gasteiger charge is -2.20. The molecule has 204 valence electrons. The Morgan fingerprint density at radius 2 is 1.69 bits per heavy atom. The molecule has 0 radical (unpaired) electrons. The number of fused-ring (bicyclic) bond motifs is 1. The number of benzene rings is 1. The van der Waals surface area contributed by atoms with Gasteiger partial charge in [-0.3, -0.25) is 4.40 Å². The van der Waals surface area contributed by atoms with Gasteiger partial charge in [0, 0.05) is 55.2 Å². The van der Waals surface area contributed by atoms with Crippen molar-refractivity contribution in [1.29, 1.82) is 0 Å². The van der Waals surface area contributed by atoms with E-state index in [0.717, 1.165) is 40.7 Å². The predicted octanol–water partition coefficient (Wildman–Crippen LogP) is 8.04. The van der Waals surface area contributed by atoms with Gasteiger partial charge in [0.05, 0.1) is 18.6 Å². The number of hydrogen-bond donors (Lipinski definition) is 0. The standard InChI is InChI=1S/C32H39N5O2/c1-21(2)29-30(22(3)4)37-19-26(38-25-11-9-10-24(17-25)36-15-14-35(8)20-36)18-27(31(37)34-29)39-28-16-23(12-13-33-28)32(5,6)7/h9-19,21-22H,20H2,1-8H3. The molecule has 5 rings (SSSR count). The number of nitrogens with zero attached hydrogens (tertiary/aromatic N) is 5. The fraction of sp³-hybridized carbons (Fsp3) is 0.375. The summed E-state index contributed by atoms with van der Waals surface area (Å²) in [6.45, 7) is 16.1. The van der Waals surface area contributed by atoms with Gasteiger partial charge < -0.3 is 19.3 Å². The van der Waals surface area contributed by atoms with Gasteiger partial charge >= 0.3 is 0 Å². The smallest absolute Gasteiger partial charge is 0.219 e. The molecule has 0 aliphatic carbocycles. The molecule has 0 unspecified atom stereocenters. The van der Waals surface area contributed by atoms with Crippen LogP contribution in [0.1, 0.15) is 77.3 Å². The summed E-state index contributed by atoms with van der Waals surface area (Å²) >= 11 is 0. The Morgan fingerprint density at radius 3 is 2.36 bits per heavy atom. The lowest BCUT2D eigenvalue weighted by atomic mass is 9.88. The second kappa shape index (κ2) is 10.3. The van der Waals surface area contributed by atoms with Gasteiger partial charge in [0.1, 0.15) is 11.5 Å². The Balaban J connectivity index is 1.58. The Kier molecular flexibility index (Phi) is 7.02. The van der Waals surface area contributed by atoms with Gasteiger partial charge in [0.15, 0.2) is 11.4 Å². The third-order valence-corrected chi connectivity index (χ3v) is 6.90. The van der Waals surface area contributed by atoms with Gasteiger partial charge in [-0.2, -0.15) is 0 Å². The first kappa shape index (κ1) is 26.6. The van der Waals surface area contributed by atoms with Crippen LogP contribution in [0.25, 0.3) is 5.65 Å². The average molecular weight is 526 g/mol. The second-order valence-corrected chi connectivity index (χ2v) is 11.9. The first-order valence-corrected chi connectivity index (χ1v) is 13.6. The molecule has 0 spiro atoms. The van der Waals surface area contributed by atoms with Crippen LogP contribution in [0.2, 0.25) is 0 Å². The molecule has 1 aromatic carbocycles. The van der Waals surface area contributed by atoms with Crippen LogP contribution in [-0.2, 0) is 5.41 Å². The minimum atomic E-state index is -0.0192. The third-order valence-electron chi connectivity index (χ3n) is 6.90. The molecule has 0 N–H and O–H groups in total. The molecule has 3 aromatic heterocycles. The lowest BCUT2D eigenvalue weighted by molar-refractivity contribution is 0.445. The molecule has 0 saturated heterocycles. The van der Waals surface area contributed by atoms with Crippen LogP contribution in [0, 0.1) is 0 Å². The number of anilines is 1. The summed E-state index contributed by atoms with van der Waals surface area (Å²) in [5.74, 6) is 3.11. The van der Waals surface area contributed by atoms with Crippen molar-refractivity contribution < 1.29 is 9.47 Å². The number of imidazole rings is 1. The van der Waals surface area contributed by atoms with E-state index in [1.165, 1.54) is 0 Å². The molecular weight excluding hydrogens is 486 g/mol. The number of hydrogen-bond acceptors (Lipinski definition) is 6. The van der Waals surface area contributed by atoms with E-state index in [4.69, 9.17) is 14.5 Å². The molecule has 1 aliphatic heterocycles. The van der Waals surface area contributed by atoms with Gasteiger partial charge in [-0.25, -0.2) is 9.97 Å². The maximum atomic E-state index is 6.46. The SMILES string of the molecule is CC(C)c1nc2c(Oc3cc(C(C)(C)C)ccn3)cc(Oc3cccc(N4C=CN(C)C4)c3)cn2c1C(C)C. The molecule has 7 heteroatoms. The van der Waals surface area contributed by atoms with Crippen LogP contribution in [0.15, 0.2) is 67.3 Å². The molecule has 1 aliphatic rings. The van der Waals surface area contributed by atoms with Crippen molar-refractivity contribution in [2.45, 2.75) is 65.7 Å². The van der Waals surface area contributed by atoms with Gasteiger partial charge in [-0.1, -0.05) is 54.5 Å². The normalized spacial score (nSPS) is 13.8. The van der Waals surface area contributed by atoms with Crippen molar-refractivity contribution in [1.82, 2.24) is 19.3 Å². The molecule has 4 aromatic rings. The Bertz CT molecular complexity index is 1510. The zero-order valence-electron chi connectivity index (χ0n) is 24.3. The van der Waals surface area contributed by atoms with E-state index in [2.05, 4.69) is 99.2 Å². The predicted molar refractivity (Wildman–Crippen MR) is 157 cm³/mol. The summed E-state index contributed by atoms with van der Waals surface area (Å²) in [6, 6.07) is 14.1. The van der Waals surface area contributed by atoms with E-state index in [1.54, 1.807) is 6.20 Å². The van der Waals surface area contributed by atoms with Crippen molar-refractivity contribution in [2.24, 2.45) is 0 Å². The van der Waals surface area contributed by atoms with E-state index in [9.17, 15) is 0 Å². The van der Waals surface area contributed by atoms with E-state index < -0.39 is 0 Å². The molecule has 0 bridgehead atoms. The highest BCUT2D eigenvalue weighted by Gasteiger charge is 2.23. The largest absolute Gasteiger partial charge is 0.456 e. The molecule has 0 saturated carbocycles. The summed E-state index contributed by atoms with van der Waals surface area (Å²) in [5.41, 5.74) is 5.19. The van der Waals surface area contributed by atoms with E-state index in [-0.39, 0.29) is 17.3 Å². The molecule has 0 fully saturated rings. The summed E-state index contributed by atoms with van der Waals surface area (Å²) in [4.78, 5) is 13.9. The molecule has 7 nitrogen and oxygen atoms in total. The van der Waals surface area contributed by atoms with Crippen molar-refractivity contribution in [2.75, 3.05) is 18.6 Å². The highest BCUT2D eigenvalue weighted by Crippen LogP contribution is 2.37. The zero-order valence-corrected chi connectivity index (χ0v) is 24.3. The number of aromatic nitrogens is 3. The van der Waals surface area contributed by atoms with Crippen LogP contribution in [0.4, 0.5) is 5.69 Å². The molecule has 4 heterocycles. The number of pyridine rings is 2. The van der Waals surface area contributed by atoms with Crippen LogP contribution in [0.5, 0.6) is 23.1 Å². The molecule has 0 atom stereocenters. The molecule has 39 heavy (non-hydrogen) atoms. The maximum Gasteiger partial charge on any atom is 0.219 e. The summed E-state index contributed by atoms with van der Waals surface area (Å²) in [6.07, 6.45) is 7.95. The minimum absolute atomic E-state index is 0.0192. The molecule has 0 amide bonds. The maximum absolute atomic E-state index is 6.46. The van der Waals surface area contributed by atoms with E-state index in [1.807, 2.05) is 36.5 Å². The van der Waals surface area contributed by atoms with Gasteiger partial charge in [-0.05, 0) is 41.0 Å². The number of rotatable bonds is 7. The highest BCUT2D eigenvalue weighted by molar-refractivity contribution is 5.61. The topological polar surface area (TPSA) is 55.1 Å². The van der Waals surface area contributed by atoms with Crippen molar-refractivity contribution in [3.8, 4) is 23.1 Å². The second-order valence-electron chi connectivity index (χ2n) is 11.9. The first-order valence-electron chi connectivity index (χ1n) is 13.6. The summed E-state index contributed by atoms with van der Waals surface area (Å²) < 4.78 is 15.0. The Hall–Kier alpha value is -4.00. The fourth-order valence-corrected chi connectivity index (χ4v) is 4.86. The van der Waals surface area contributed by atoms with E-state index in [0.29, 0.717) is 17.4 Å². The quantitative estimate of drug-likeness (QED) is 0.243. The third kappa shape index (κ3) is 5.58. The average Bonchev–Trinajstić information content (AvgIpc) is 3.48. The van der Waals surface area contributed by atoms with Crippen molar-refractivity contribution in [3.05, 3.63) is 84.2 Å². The van der Waals surface area contributed by atoms with Crippen molar-refractivity contribution >= 4 is 11.3 Å². The highest BCUT2D eigenvalue weighted by atomic mass is 16.5. The molecular formula is C32H39N5O2. The van der Waals surface area contributed by atoms with Crippen LogP contribution < -0.4 is 14.4 Å². The summed E-state index contributed by atoms with van der Waals surface area (Å²) in [7, 11) is 2.06. The Labute approximate surface area is 231 Å². The minimum Gasteiger partial charge on any atom is -0.456 e. The van der Waals surface area contributed by atoms with Gasteiger partial charge in [0.2, 0.25) is 5.88 Å². The van der Waals surface area contributed by atoms with Crippen molar-refractivity contribution in [3.63, 3.8) is 0 Å². The monoisotopic (exact) mass is 525 g/mol. The lowest BCUT2D eigenvalue weighted by Crippen LogP contribution is -2.21. The van der Waals surface area contributed by atoms with Crippen LogP contribution in [-0.4, -0.2) is 33.0 Å². The van der Waals surface area contributed by atoms with E-state index >= 15 is 0 Å². The van der Waals surface area contributed by atoms with Crippen LogP contribution in [0.3, 0.4) is 0 Å². The van der Waals surface area contributed by atoms with Crippen LogP contribution >= 0.6 is 0 Å². The Morgan fingerprint density at radius 1 is 0.897 bits per heavy atom. The van der Waals surface area contributed by atoms with Gasteiger partial charge in [-0.15, -0.1) is 0 Å². The first-order chi connectivity index (χ1) is 18.5. The zero-order chi connectivity index (χ0) is 27.9. The fourth-order valence-electron chi connectivity index (χ4n) is 4.86. The summed E-state index contributed by atoms with van der Waals surface area (Å²) in [5, 5.41) is 0. The number of ether oxygens (including phenoxy) is 2.